The topological polar surface area (TPSA) is 84.9 Å². The van der Waals surface area contributed by atoms with E-state index in [0.717, 1.165) is 21.9 Å². The summed E-state index contributed by atoms with van der Waals surface area (Å²) in [5, 5.41) is 2.98. The molecule has 1 N–H and O–H groups in total. The number of benzene rings is 2. The number of nitrogens with zero attached hydrogens (tertiary/aromatic N) is 1. The molecule has 29 heavy (non-hydrogen) atoms. The molecule has 0 bridgehead atoms. The Labute approximate surface area is 171 Å². The van der Waals surface area contributed by atoms with Crippen LogP contribution in [-0.2, 0) is 14.8 Å². The molecular formula is C21H26N2O5S. The highest BCUT2D eigenvalue weighted by atomic mass is 32.2. The number of carbonyl (C=O) groups is 1. The first-order chi connectivity index (χ1) is 13.6. The van der Waals surface area contributed by atoms with Crippen LogP contribution in [0, 0.1) is 0 Å². The lowest BCUT2D eigenvalue weighted by atomic mass is 9.89. The molecule has 1 aliphatic heterocycles. The van der Waals surface area contributed by atoms with Crippen molar-refractivity contribution >= 4 is 21.6 Å². The number of nitrogens with one attached hydrogen (secondary N) is 1. The molecule has 2 aromatic carbocycles. The van der Waals surface area contributed by atoms with E-state index in [1.807, 2.05) is 38.1 Å². The summed E-state index contributed by atoms with van der Waals surface area (Å²) in [6.45, 7) is 3.61. The van der Waals surface area contributed by atoms with Gasteiger partial charge in [0.25, 0.3) is 0 Å². The fourth-order valence-corrected chi connectivity index (χ4v) is 4.31. The minimum Gasteiger partial charge on any atom is -0.497 e. The van der Waals surface area contributed by atoms with E-state index in [1.54, 1.807) is 24.3 Å². The van der Waals surface area contributed by atoms with E-state index >= 15 is 0 Å². The van der Waals surface area contributed by atoms with Gasteiger partial charge in [0.1, 0.15) is 23.6 Å². The zero-order valence-electron chi connectivity index (χ0n) is 17.0. The Morgan fingerprint density at radius 3 is 2.48 bits per heavy atom. The number of carbonyl (C=O) groups excluding carboxylic acids is 1. The lowest BCUT2D eigenvalue weighted by Crippen LogP contribution is -2.45. The van der Waals surface area contributed by atoms with E-state index in [-0.39, 0.29) is 18.5 Å². The smallest absolute Gasteiger partial charge is 0.241 e. The molecule has 0 saturated heterocycles. The first-order valence-corrected chi connectivity index (χ1v) is 11.1. The Hall–Kier alpha value is -2.74. The highest BCUT2D eigenvalue weighted by Gasteiger charge is 2.34. The molecule has 0 radical (unpaired) electrons. The molecule has 1 heterocycles. The molecule has 0 fully saturated rings. The predicted molar refractivity (Wildman–Crippen MR) is 112 cm³/mol. The molecular weight excluding hydrogens is 392 g/mol. The van der Waals surface area contributed by atoms with Crippen LogP contribution >= 0.6 is 0 Å². The van der Waals surface area contributed by atoms with Gasteiger partial charge < -0.3 is 14.8 Å². The van der Waals surface area contributed by atoms with Crippen molar-refractivity contribution in [1.29, 1.82) is 0 Å². The Bertz CT molecular complexity index is 986. The summed E-state index contributed by atoms with van der Waals surface area (Å²) < 4.78 is 36.8. The third kappa shape index (κ3) is 5.00. The quantitative estimate of drug-likeness (QED) is 0.780. The zero-order chi connectivity index (χ0) is 21.2. The first-order valence-electron chi connectivity index (χ1n) is 9.28. The fourth-order valence-electron chi connectivity index (χ4n) is 3.45. The molecule has 0 unspecified atom stereocenters. The molecule has 0 aliphatic carbocycles. The van der Waals surface area contributed by atoms with Crippen molar-refractivity contribution in [3.63, 3.8) is 0 Å². The third-order valence-electron chi connectivity index (χ3n) is 4.76. The van der Waals surface area contributed by atoms with E-state index in [0.29, 0.717) is 17.9 Å². The van der Waals surface area contributed by atoms with Crippen LogP contribution in [0.15, 0.2) is 48.5 Å². The minimum atomic E-state index is -3.65. The molecule has 156 valence electrons. The van der Waals surface area contributed by atoms with Gasteiger partial charge >= 0.3 is 0 Å². The molecule has 8 heteroatoms. The number of para-hydroxylation sites is 1. The summed E-state index contributed by atoms with van der Waals surface area (Å²) >= 11 is 0. The maximum absolute atomic E-state index is 12.8. The van der Waals surface area contributed by atoms with Gasteiger partial charge in [-0.05, 0) is 44.2 Å². The van der Waals surface area contributed by atoms with Crippen LogP contribution in [0.1, 0.15) is 31.9 Å². The number of rotatable bonds is 6. The van der Waals surface area contributed by atoms with Crippen LogP contribution < -0.4 is 19.1 Å². The molecule has 2 aromatic rings. The summed E-state index contributed by atoms with van der Waals surface area (Å²) in [7, 11) is -2.12. The number of fused-ring (bicyclic) bond motifs is 1. The number of hydrogen-bond acceptors (Lipinski definition) is 5. The lowest BCUT2D eigenvalue weighted by molar-refractivity contribution is -0.120. The number of ether oxygens (including phenoxy) is 2. The van der Waals surface area contributed by atoms with Gasteiger partial charge in [0.2, 0.25) is 15.9 Å². The Morgan fingerprint density at radius 2 is 1.86 bits per heavy atom. The number of methoxy groups -OCH3 is 1. The summed E-state index contributed by atoms with van der Waals surface area (Å²) in [5.74, 6) is 0.945. The van der Waals surface area contributed by atoms with Gasteiger partial charge in [-0.25, -0.2) is 8.42 Å². The third-order valence-corrected chi connectivity index (χ3v) is 5.90. The van der Waals surface area contributed by atoms with Crippen molar-refractivity contribution in [2.45, 2.75) is 31.9 Å². The first kappa shape index (κ1) is 21.0. The van der Waals surface area contributed by atoms with E-state index < -0.39 is 15.6 Å². The Balaban J connectivity index is 1.80. The van der Waals surface area contributed by atoms with Crippen molar-refractivity contribution in [2.24, 2.45) is 0 Å². The van der Waals surface area contributed by atoms with E-state index in [4.69, 9.17) is 9.47 Å². The summed E-state index contributed by atoms with van der Waals surface area (Å²) in [4.78, 5) is 12.8. The van der Waals surface area contributed by atoms with Crippen LogP contribution in [0.25, 0.3) is 0 Å². The summed E-state index contributed by atoms with van der Waals surface area (Å²) in [6.07, 6.45) is 1.66. The lowest BCUT2D eigenvalue weighted by Gasteiger charge is -2.38. The van der Waals surface area contributed by atoms with Crippen molar-refractivity contribution in [3.8, 4) is 11.5 Å². The second-order valence-corrected chi connectivity index (χ2v) is 9.60. The fraction of sp³-hybridized carbons (Fsp3) is 0.381. The molecule has 1 aliphatic rings. The molecule has 1 atom stereocenters. The van der Waals surface area contributed by atoms with Gasteiger partial charge in [-0.2, -0.15) is 0 Å². The van der Waals surface area contributed by atoms with Crippen molar-refractivity contribution in [1.82, 2.24) is 5.32 Å². The number of sulfonamides is 1. The number of amides is 1. The zero-order valence-corrected chi connectivity index (χ0v) is 17.8. The molecule has 0 saturated carbocycles. The van der Waals surface area contributed by atoms with Gasteiger partial charge in [0.15, 0.2) is 0 Å². The van der Waals surface area contributed by atoms with E-state index in [1.165, 1.54) is 7.11 Å². The van der Waals surface area contributed by atoms with Crippen LogP contribution in [-0.4, -0.2) is 39.8 Å². The van der Waals surface area contributed by atoms with Crippen molar-refractivity contribution in [2.75, 3.05) is 24.2 Å². The number of anilines is 1. The molecule has 0 spiro atoms. The monoisotopic (exact) mass is 418 g/mol. The van der Waals surface area contributed by atoms with Gasteiger partial charge in [-0.1, -0.05) is 18.2 Å². The Kier molecular flexibility index (Phi) is 5.75. The average Bonchev–Trinajstić information content (AvgIpc) is 2.64. The predicted octanol–water partition coefficient (Wildman–Crippen LogP) is 2.88. The van der Waals surface area contributed by atoms with Crippen molar-refractivity contribution in [3.05, 3.63) is 54.1 Å². The van der Waals surface area contributed by atoms with Crippen molar-refractivity contribution < 1.29 is 22.7 Å². The Morgan fingerprint density at radius 1 is 1.21 bits per heavy atom. The molecule has 0 aromatic heterocycles. The highest BCUT2D eigenvalue weighted by molar-refractivity contribution is 7.92. The molecule has 1 amide bonds. The SMILES string of the molecule is COc1ccc(N(CC(=O)N[C@H]2CC(C)(C)Oc3ccccc32)S(C)(=O)=O)cc1. The van der Waals surface area contributed by atoms with Crippen LogP contribution in [0.4, 0.5) is 5.69 Å². The van der Waals surface area contributed by atoms with Gasteiger partial charge in [-0.15, -0.1) is 0 Å². The standard InChI is InChI=1S/C21H26N2O5S/c1-21(2)13-18(17-7-5-6-8-19(17)28-21)22-20(24)14-23(29(4,25)26)15-9-11-16(27-3)12-10-15/h5-12,18H,13-14H2,1-4H3,(H,22,24)/t18-/m0/s1. The maximum atomic E-state index is 12.8. The second kappa shape index (κ2) is 7.94. The minimum absolute atomic E-state index is 0.264. The van der Waals surface area contributed by atoms with Gasteiger partial charge in [0, 0.05) is 12.0 Å². The second-order valence-electron chi connectivity index (χ2n) is 7.69. The number of hydrogen-bond donors (Lipinski definition) is 1. The highest BCUT2D eigenvalue weighted by Crippen LogP contribution is 2.39. The molecule has 3 rings (SSSR count). The van der Waals surface area contributed by atoms with Gasteiger partial charge in [0.05, 0.1) is 25.1 Å². The van der Waals surface area contributed by atoms with Crippen LogP contribution in [0.2, 0.25) is 0 Å². The maximum Gasteiger partial charge on any atom is 0.241 e. The largest absolute Gasteiger partial charge is 0.497 e. The van der Waals surface area contributed by atoms with Crippen LogP contribution in [0.3, 0.4) is 0 Å². The molecule has 7 nitrogen and oxygen atoms in total. The summed E-state index contributed by atoms with van der Waals surface area (Å²) in [6, 6.07) is 13.8. The normalized spacial score (nSPS) is 17.6. The van der Waals surface area contributed by atoms with E-state index in [2.05, 4.69) is 5.32 Å². The van der Waals surface area contributed by atoms with E-state index in [9.17, 15) is 13.2 Å². The average molecular weight is 419 g/mol. The van der Waals surface area contributed by atoms with Crippen LogP contribution in [0.5, 0.6) is 11.5 Å². The summed E-state index contributed by atoms with van der Waals surface area (Å²) in [5.41, 5.74) is 0.838. The van der Waals surface area contributed by atoms with Gasteiger partial charge in [-0.3, -0.25) is 9.10 Å².